The molecule has 0 aromatic carbocycles. The van der Waals surface area contributed by atoms with Crippen LogP contribution in [-0.2, 0) is 18.4 Å². The van der Waals surface area contributed by atoms with E-state index in [1.54, 1.807) is 0 Å². The summed E-state index contributed by atoms with van der Waals surface area (Å²) in [7, 11) is 2.01. The number of hydrogen-bond acceptors (Lipinski definition) is 4. The largest absolute Gasteiger partial charge is 0.340 e. The third-order valence-corrected chi connectivity index (χ3v) is 6.80. The van der Waals surface area contributed by atoms with Crippen LogP contribution in [-0.4, -0.2) is 63.8 Å². The van der Waals surface area contributed by atoms with E-state index in [9.17, 15) is 4.79 Å². The lowest BCUT2D eigenvalue weighted by Gasteiger charge is -2.36. The summed E-state index contributed by atoms with van der Waals surface area (Å²) in [5.41, 5.74) is 3.73. The van der Waals surface area contributed by atoms with E-state index in [0.29, 0.717) is 23.9 Å². The van der Waals surface area contributed by atoms with Crippen LogP contribution in [0.5, 0.6) is 0 Å². The van der Waals surface area contributed by atoms with Crippen molar-refractivity contribution in [2.45, 2.75) is 64.6 Å². The van der Waals surface area contributed by atoms with E-state index in [-0.39, 0.29) is 0 Å². The van der Waals surface area contributed by atoms with Crippen LogP contribution in [0.2, 0.25) is 0 Å². The predicted molar refractivity (Wildman–Crippen MR) is 102 cm³/mol. The third kappa shape index (κ3) is 3.67. The Morgan fingerprint density at radius 3 is 2.35 bits per heavy atom. The minimum Gasteiger partial charge on any atom is -0.340 e. The maximum atomic E-state index is 12.8. The quantitative estimate of drug-likeness (QED) is 0.887. The second kappa shape index (κ2) is 7.31. The van der Waals surface area contributed by atoms with Gasteiger partial charge in [0.2, 0.25) is 5.91 Å². The number of piperidine rings is 1. The summed E-state index contributed by atoms with van der Waals surface area (Å²) in [6, 6.07) is 1.35. The van der Waals surface area contributed by atoms with Gasteiger partial charge in [-0.1, -0.05) is 0 Å². The zero-order valence-electron chi connectivity index (χ0n) is 16.5. The number of amides is 1. The Morgan fingerprint density at radius 1 is 1.12 bits per heavy atom. The van der Waals surface area contributed by atoms with Crippen LogP contribution in [0.15, 0.2) is 0 Å². The van der Waals surface area contributed by atoms with Gasteiger partial charge < -0.3 is 10.2 Å². The lowest BCUT2D eigenvalue weighted by molar-refractivity contribution is -0.134. The molecule has 6 heteroatoms. The normalized spacial score (nSPS) is 29.3. The molecular formula is C20H33N5O. The van der Waals surface area contributed by atoms with Crippen molar-refractivity contribution < 1.29 is 4.79 Å². The summed E-state index contributed by atoms with van der Waals surface area (Å²) in [5, 5.41) is 8.20. The second-order valence-corrected chi connectivity index (χ2v) is 8.61. The summed E-state index contributed by atoms with van der Waals surface area (Å²) in [4.78, 5) is 17.3. The number of carbonyl (C=O) groups is 1. The highest BCUT2D eigenvalue weighted by Crippen LogP contribution is 2.33. The van der Waals surface area contributed by atoms with Crippen LogP contribution in [0.1, 0.15) is 49.1 Å². The number of aryl methyl sites for hydroxylation is 2. The molecule has 1 aromatic heterocycles. The van der Waals surface area contributed by atoms with Crippen molar-refractivity contribution >= 4 is 5.91 Å². The van der Waals surface area contributed by atoms with E-state index in [2.05, 4.69) is 34.1 Å². The van der Waals surface area contributed by atoms with Crippen LogP contribution in [0.3, 0.4) is 0 Å². The average Bonchev–Trinajstić information content (AvgIpc) is 3.08. The standard InChI is InChI=1S/C20H33N5O/c1-14-19(15(2)23(3)22-14)13-24-6-8-25(9-7-24)20(26)12-16-10-17-4-5-18(11-16)21-17/h16-18,21H,4-13H2,1-3H3. The van der Waals surface area contributed by atoms with E-state index < -0.39 is 0 Å². The van der Waals surface area contributed by atoms with Crippen LogP contribution >= 0.6 is 0 Å². The molecule has 1 N–H and O–H groups in total. The minimum atomic E-state index is 0.379. The maximum absolute atomic E-state index is 12.8. The van der Waals surface area contributed by atoms with Gasteiger partial charge in [-0.05, 0) is 45.4 Å². The summed E-state index contributed by atoms with van der Waals surface area (Å²) in [5.74, 6) is 0.977. The smallest absolute Gasteiger partial charge is 0.222 e. The number of nitrogens with zero attached hydrogens (tertiary/aromatic N) is 4. The lowest BCUT2D eigenvalue weighted by atomic mass is 9.89. The van der Waals surface area contributed by atoms with Crippen molar-refractivity contribution in [3.63, 3.8) is 0 Å². The second-order valence-electron chi connectivity index (χ2n) is 8.61. The highest BCUT2D eigenvalue weighted by molar-refractivity contribution is 5.76. The first kappa shape index (κ1) is 18.0. The number of aromatic nitrogens is 2. The van der Waals surface area contributed by atoms with Gasteiger partial charge in [-0.15, -0.1) is 0 Å². The molecule has 1 aromatic rings. The number of carbonyl (C=O) groups excluding carboxylic acids is 1. The lowest BCUT2D eigenvalue weighted by Crippen LogP contribution is -2.49. The van der Waals surface area contributed by atoms with Gasteiger partial charge in [-0.3, -0.25) is 14.4 Å². The molecule has 0 spiro atoms. The Morgan fingerprint density at radius 2 is 1.77 bits per heavy atom. The molecular weight excluding hydrogens is 326 g/mol. The topological polar surface area (TPSA) is 53.4 Å². The number of fused-ring (bicyclic) bond motifs is 2. The van der Waals surface area contributed by atoms with Gasteiger partial charge in [0.05, 0.1) is 5.69 Å². The molecule has 4 rings (SSSR count). The van der Waals surface area contributed by atoms with Crippen LogP contribution < -0.4 is 5.32 Å². The van der Waals surface area contributed by atoms with Gasteiger partial charge in [0.1, 0.15) is 0 Å². The fraction of sp³-hybridized carbons (Fsp3) is 0.800. The SMILES string of the molecule is Cc1nn(C)c(C)c1CN1CCN(C(=O)CC2CC3CCC(C2)N3)CC1. The molecule has 3 saturated heterocycles. The first-order valence-electron chi connectivity index (χ1n) is 10.2. The number of rotatable bonds is 4. The van der Waals surface area contributed by atoms with Gasteiger partial charge in [-0.25, -0.2) is 0 Å². The number of nitrogens with one attached hydrogen (secondary N) is 1. The molecule has 2 bridgehead atoms. The first-order valence-corrected chi connectivity index (χ1v) is 10.2. The monoisotopic (exact) mass is 359 g/mol. The predicted octanol–water partition coefficient (Wildman–Crippen LogP) is 1.60. The number of piperazine rings is 1. The van der Waals surface area contributed by atoms with Gasteiger partial charge in [0, 0.05) is 69.5 Å². The Balaban J connectivity index is 1.26. The van der Waals surface area contributed by atoms with Crippen molar-refractivity contribution in [2.24, 2.45) is 13.0 Å². The zero-order chi connectivity index (χ0) is 18.3. The molecule has 2 unspecified atom stereocenters. The van der Waals surface area contributed by atoms with E-state index in [4.69, 9.17) is 0 Å². The molecule has 3 fully saturated rings. The van der Waals surface area contributed by atoms with E-state index in [1.165, 1.54) is 36.9 Å². The molecule has 3 aliphatic heterocycles. The fourth-order valence-corrected chi connectivity index (χ4v) is 5.14. The Bertz CT molecular complexity index is 649. The van der Waals surface area contributed by atoms with Crippen molar-refractivity contribution in [3.05, 3.63) is 17.0 Å². The fourth-order valence-electron chi connectivity index (χ4n) is 5.14. The molecule has 26 heavy (non-hydrogen) atoms. The third-order valence-electron chi connectivity index (χ3n) is 6.80. The minimum absolute atomic E-state index is 0.379. The van der Waals surface area contributed by atoms with Crippen molar-refractivity contribution in [1.29, 1.82) is 0 Å². The summed E-state index contributed by atoms with van der Waals surface area (Å²) >= 11 is 0. The average molecular weight is 360 g/mol. The molecule has 1 amide bonds. The van der Waals surface area contributed by atoms with Gasteiger partial charge in [-0.2, -0.15) is 5.10 Å². The zero-order valence-corrected chi connectivity index (χ0v) is 16.5. The molecule has 0 aliphatic carbocycles. The van der Waals surface area contributed by atoms with Crippen molar-refractivity contribution in [1.82, 2.24) is 24.9 Å². The van der Waals surface area contributed by atoms with Gasteiger partial charge >= 0.3 is 0 Å². The van der Waals surface area contributed by atoms with Gasteiger partial charge in [0.25, 0.3) is 0 Å². The summed E-state index contributed by atoms with van der Waals surface area (Å²) < 4.78 is 1.97. The molecule has 0 saturated carbocycles. The van der Waals surface area contributed by atoms with Gasteiger partial charge in [0.15, 0.2) is 0 Å². The highest BCUT2D eigenvalue weighted by Gasteiger charge is 2.35. The van der Waals surface area contributed by atoms with E-state index in [1.807, 2.05) is 11.7 Å². The maximum Gasteiger partial charge on any atom is 0.222 e. The van der Waals surface area contributed by atoms with Crippen LogP contribution in [0.25, 0.3) is 0 Å². The molecule has 4 heterocycles. The van der Waals surface area contributed by atoms with Crippen molar-refractivity contribution in [3.8, 4) is 0 Å². The molecule has 3 aliphatic rings. The number of hydrogen-bond donors (Lipinski definition) is 1. The summed E-state index contributed by atoms with van der Waals surface area (Å²) in [6.45, 7) is 8.86. The van der Waals surface area contributed by atoms with Crippen LogP contribution in [0.4, 0.5) is 0 Å². The summed E-state index contributed by atoms with van der Waals surface area (Å²) in [6.07, 6.45) is 5.77. The Labute approximate surface area is 156 Å². The Hall–Kier alpha value is -1.40. The van der Waals surface area contributed by atoms with Crippen LogP contribution in [0, 0.1) is 19.8 Å². The molecule has 2 atom stereocenters. The first-order chi connectivity index (χ1) is 12.5. The van der Waals surface area contributed by atoms with E-state index in [0.717, 1.165) is 44.8 Å². The molecule has 0 radical (unpaired) electrons. The van der Waals surface area contributed by atoms with Crippen molar-refractivity contribution in [2.75, 3.05) is 26.2 Å². The van der Waals surface area contributed by atoms with E-state index >= 15 is 0 Å². The Kier molecular flexibility index (Phi) is 5.06. The molecule has 144 valence electrons. The molecule has 6 nitrogen and oxygen atoms in total. The highest BCUT2D eigenvalue weighted by atomic mass is 16.2.